The fraction of sp³-hybridized carbons (Fsp3) is 0.714. The van der Waals surface area contributed by atoms with E-state index in [1.165, 1.54) is 0 Å². The number of amides is 1. The highest BCUT2D eigenvalue weighted by molar-refractivity contribution is 5.76. The third kappa shape index (κ3) is 4.05. The lowest BCUT2D eigenvalue weighted by atomic mass is 10.2. The minimum atomic E-state index is -0.260. The number of aliphatic hydroxyl groups is 1. The molecule has 1 atom stereocenters. The second-order valence-corrected chi connectivity index (χ2v) is 5.46. The zero-order chi connectivity index (χ0) is 14.5. The number of piperazine rings is 1. The molecule has 1 unspecified atom stereocenters. The molecule has 0 aliphatic carbocycles. The molecule has 1 N–H and O–H groups in total. The van der Waals surface area contributed by atoms with Crippen LogP contribution in [0.4, 0.5) is 0 Å². The first-order valence-electron chi connectivity index (χ1n) is 7.25. The van der Waals surface area contributed by atoms with Crippen LogP contribution in [0.1, 0.15) is 18.9 Å². The highest BCUT2D eigenvalue weighted by Gasteiger charge is 2.22. The summed E-state index contributed by atoms with van der Waals surface area (Å²) >= 11 is 0. The molecule has 0 aromatic carbocycles. The van der Waals surface area contributed by atoms with Gasteiger partial charge in [-0.2, -0.15) is 5.10 Å². The number of carbonyl (C=O) groups excluding carboxylic acids is 1. The number of hydrogen-bond acceptors (Lipinski definition) is 4. The first-order valence-corrected chi connectivity index (χ1v) is 7.25. The van der Waals surface area contributed by atoms with Crippen LogP contribution in [0.15, 0.2) is 12.4 Å². The van der Waals surface area contributed by atoms with Crippen molar-refractivity contribution in [3.63, 3.8) is 0 Å². The van der Waals surface area contributed by atoms with Crippen LogP contribution in [0.3, 0.4) is 0 Å². The summed E-state index contributed by atoms with van der Waals surface area (Å²) < 4.78 is 1.69. The van der Waals surface area contributed by atoms with E-state index < -0.39 is 0 Å². The highest BCUT2D eigenvalue weighted by atomic mass is 16.3. The van der Waals surface area contributed by atoms with E-state index in [0.29, 0.717) is 13.1 Å². The van der Waals surface area contributed by atoms with E-state index in [9.17, 15) is 9.90 Å². The molecular weight excluding hydrogens is 256 g/mol. The average molecular weight is 280 g/mol. The molecule has 0 radical (unpaired) electrons. The summed E-state index contributed by atoms with van der Waals surface area (Å²) in [6.07, 6.45) is 4.16. The van der Waals surface area contributed by atoms with Gasteiger partial charge >= 0.3 is 0 Å². The molecule has 1 saturated heterocycles. The maximum atomic E-state index is 12.2. The Morgan fingerprint density at radius 3 is 2.65 bits per heavy atom. The molecule has 0 saturated carbocycles. The molecule has 1 fully saturated rings. The molecular formula is C14H24N4O2. The van der Waals surface area contributed by atoms with Gasteiger partial charge in [0.05, 0.1) is 12.3 Å². The third-order valence-electron chi connectivity index (χ3n) is 3.72. The first kappa shape index (κ1) is 15.0. The van der Waals surface area contributed by atoms with E-state index in [2.05, 4.69) is 10.00 Å². The molecule has 1 aliphatic heterocycles. The molecule has 1 amide bonds. The minimum Gasteiger partial charge on any atom is -0.392 e. The van der Waals surface area contributed by atoms with Crippen molar-refractivity contribution in [3.05, 3.63) is 18.0 Å². The predicted molar refractivity (Wildman–Crippen MR) is 76.3 cm³/mol. The minimum absolute atomic E-state index is 0.115. The fourth-order valence-electron chi connectivity index (χ4n) is 2.40. The van der Waals surface area contributed by atoms with Gasteiger partial charge in [0.25, 0.3) is 0 Å². The van der Waals surface area contributed by atoms with Crippen LogP contribution in [-0.2, 0) is 11.3 Å². The maximum Gasteiger partial charge on any atom is 0.244 e. The summed E-state index contributed by atoms with van der Waals surface area (Å²) in [6, 6.07) is 0. The number of aliphatic hydroxyl groups excluding tert-OH is 1. The Bertz CT molecular complexity index is 438. The Hall–Kier alpha value is -1.40. The molecule has 112 valence electrons. The van der Waals surface area contributed by atoms with Gasteiger partial charge in [0.15, 0.2) is 0 Å². The standard InChI is InChI=1S/C14H24N4O2/c1-3-13(19)10-16-4-6-17(7-5-16)14(20)11-18-9-12(2)8-15-18/h8-9,13,19H,3-7,10-11H2,1-2H3. The van der Waals surface area contributed by atoms with Crippen molar-refractivity contribution >= 4 is 5.91 Å². The second kappa shape index (κ2) is 6.85. The van der Waals surface area contributed by atoms with Gasteiger partial charge in [-0.15, -0.1) is 0 Å². The topological polar surface area (TPSA) is 61.6 Å². The van der Waals surface area contributed by atoms with Gasteiger partial charge in [-0.05, 0) is 18.9 Å². The van der Waals surface area contributed by atoms with E-state index >= 15 is 0 Å². The zero-order valence-electron chi connectivity index (χ0n) is 12.3. The van der Waals surface area contributed by atoms with Crippen LogP contribution in [-0.4, -0.2) is 69.4 Å². The summed E-state index contributed by atoms with van der Waals surface area (Å²) in [7, 11) is 0. The summed E-state index contributed by atoms with van der Waals surface area (Å²) in [5.41, 5.74) is 1.07. The molecule has 1 aromatic rings. The number of carbonyl (C=O) groups is 1. The molecule has 20 heavy (non-hydrogen) atoms. The molecule has 6 nitrogen and oxygen atoms in total. The SMILES string of the molecule is CCC(O)CN1CCN(C(=O)Cn2cc(C)cn2)CC1. The van der Waals surface area contributed by atoms with Crippen molar-refractivity contribution in [3.8, 4) is 0 Å². The van der Waals surface area contributed by atoms with Crippen LogP contribution in [0.2, 0.25) is 0 Å². The predicted octanol–water partition coefficient (Wildman–Crippen LogP) is 0.107. The molecule has 2 rings (SSSR count). The van der Waals surface area contributed by atoms with E-state index in [1.54, 1.807) is 10.9 Å². The summed E-state index contributed by atoms with van der Waals surface area (Å²) in [5, 5.41) is 13.8. The van der Waals surface area contributed by atoms with Crippen molar-refractivity contribution < 1.29 is 9.90 Å². The smallest absolute Gasteiger partial charge is 0.244 e. The largest absolute Gasteiger partial charge is 0.392 e. The van der Waals surface area contributed by atoms with Crippen molar-refractivity contribution in [1.82, 2.24) is 19.6 Å². The Morgan fingerprint density at radius 1 is 1.40 bits per heavy atom. The van der Waals surface area contributed by atoms with E-state index in [0.717, 1.165) is 38.2 Å². The van der Waals surface area contributed by atoms with Crippen LogP contribution >= 0.6 is 0 Å². The van der Waals surface area contributed by atoms with Crippen LogP contribution in [0.5, 0.6) is 0 Å². The van der Waals surface area contributed by atoms with Crippen LogP contribution < -0.4 is 0 Å². The number of hydrogen-bond donors (Lipinski definition) is 1. The highest BCUT2D eigenvalue weighted by Crippen LogP contribution is 2.05. The van der Waals surface area contributed by atoms with Gasteiger partial charge in [-0.25, -0.2) is 0 Å². The zero-order valence-corrected chi connectivity index (χ0v) is 12.3. The summed E-state index contributed by atoms with van der Waals surface area (Å²) in [6.45, 7) is 8.09. The summed E-state index contributed by atoms with van der Waals surface area (Å²) in [4.78, 5) is 16.3. The van der Waals surface area contributed by atoms with Crippen molar-refractivity contribution in [2.45, 2.75) is 32.9 Å². The third-order valence-corrected chi connectivity index (χ3v) is 3.72. The molecule has 0 spiro atoms. The lowest BCUT2D eigenvalue weighted by molar-refractivity contribution is -0.133. The van der Waals surface area contributed by atoms with E-state index in [-0.39, 0.29) is 12.0 Å². The molecule has 1 aliphatic rings. The van der Waals surface area contributed by atoms with Gasteiger partial charge in [-0.1, -0.05) is 6.92 Å². The quantitative estimate of drug-likeness (QED) is 0.831. The molecule has 1 aromatic heterocycles. The first-order chi connectivity index (χ1) is 9.58. The Kier molecular flexibility index (Phi) is 5.14. The van der Waals surface area contributed by atoms with Gasteiger partial charge in [-0.3, -0.25) is 14.4 Å². The lowest BCUT2D eigenvalue weighted by Gasteiger charge is -2.35. The molecule has 0 bridgehead atoms. The van der Waals surface area contributed by atoms with E-state index in [1.807, 2.05) is 24.9 Å². The van der Waals surface area contributed by atoms with Gasteiger partial charge in [0.2, 0.25) is 5.91 Å². The number of aryl methyl sites for hydroxylation is 1. The van der Waals surface area contributed by atoms with Gasteiger partial charge in [0.1, 0.15) is 6.54 Å². The van der Waals surface area contributed by atoms with Gasteiger partial charge in [0, 0.05) is 38.9 Å². The Balaban J connectivity index is 1.77. The number of nitrogens with zero attached hydrogens (tertiary/aromatic N) is 4. The maximum absolute atomic E-state index is 12.2. The van der Waals surface area contributed by atoms with Crippen molar-refractivity contribution in [2.24, 2.45) is 0 Å². The Morgan fingerprint density at radius 2 is 2.10 bits per heavy atom. The number of β-amino-alcohol motifs (C(OH)–C–C–N with tert-alkyl or cyclic N) is 1. The number of rotatable bonds is 5. The van der Waals surface area contributed by atoms with Crippen molar-refractivity contribution in [2.75, 3.05) is 32.7 Å². The molecule has 2 heterocycles. The molecule has 6 heteroatoms. The van der Waals surface area contributed by atoms with Gasteiger partial charge < -0.3 is 10.0 Å². The van der Waals surface area contributed by atoms with E-state index in [4.69, 9.17) is 0 Å². The lowest BCUT2D eigenvalue weighted by Crippen LogP contribution is -2.51. The second-order valence-electron chi connectivity index (χ2n) is 5.46. The fourth-order valence-corrected chi connectivity index (χ4v) is 2.40. The Labute approximate surface area is 120 Å². The average Bonchev–Trinajstić information content (AvgIpc) is 2.84. The van der Waals surface area contributed by atoms with Crippen LogP contribution in [0, 0.1) is 6.92 Å². The van der Waals surface area contributed by atoms with Crippen LogP contribution in [0.25, 0.3) is 0 Å². The summed E-state index contributed by atoms with van der Waals surface area (Å²) in [5.74, 6) is 0.115. The normalized spacial score (nSPS) is 18.2. The monoisotopic (exact) mass is 280 g/mol. The number of aromatic nitrogens is 2. The van der Waals surface area contributed by atoms with Crippen molar-refractivity contribution in [1.29, 1.82) is 0 Å².